The molecule has 1 atom stereocenters. The number of anilines is 1. The summed E-state index contributed by atoms with van der Waals surface area (Å²) < 4.78 is 5.12. The minimum absolute atomic E-state index is 0.326. The smallest absolute Gasteiger partial charge is 0.260 e. The second kappa shape index (κ2) is 4.10. The number of hydrogen-bond acceptors (Lipinski definition) is 3. The van der Waals surface area contributed by atoms with Crippen LogP contribution in [0.5, 0.6) is 5.75 Å². The molecule has 0 fully saturated rings. The van der Waals surface area contributed by atoms with Crippen LogP contribution in [0.4, 0.5) is 5.69 Å². The van der Waals surface area contributed by atoms with Crippen molar-refractivity contribution in [1.29, 1.82) is 0 Å². The summed E-state index contributed by atoms with van der Waals surface area (Å²) in [7, 11) is 0.00731. The lowest BCUT2D eigenvalue weighted by atomic mass is 9.97. The summed E-state index contributed by atoms with van der Waals surface area (Å²) in [6, 6.07) is 5.81. The Morgan fingerprint density at radius 3 is 2.61 bits per heavy atom. The first-order valence-corrected chi connectivity index (χ1v) is 9.69. The fourth-order valence-electron chi connectivity index (χ4n) is 2.41. The molecule has 5 heteroatoms. The van der Waals surface area contributed by atoms with Crippen LogP contribution < -0.4 is 10.1 Å². The molecule has 98 valence electrons. The summed E-state index contributed by atoms with van der Waals surface area (Å²) in [6.45, 7) is 6.42. The topological polar surface area (TPSA) is 58.6 Å². The van der Waals surface area contributed by atoms with Gasteiger partial charge >= 0.3 is 0 Å². The molecule has 0 radical (unpaired) electrons. The number of carbonyl (C=O) groups excluding carboxylic acids is 1. The number of aliphatic hydroxyl groups is 1. The third-order valence-electron chi connectivity index (χ3n) is 3.08. The molecule has 2 N–H and O–H groups in total. The molecule has 1 aromatic rings. The van der Waals surface area contributed by atoms with Gasteiger partial charge in [0.25, 0.3) is 5.91 Å². The van der Waals surface area contributed by atoms with Crippen LogP contribution >= 0.6 is 0 Å². The maximum atomic E-state index is 12.1. The fourth-order valence-corrected chi connectivity index (χ4v) is 4.29. The molecule has 2 rings (SSSR count). The van der Waals surface area contributed by atoms with Gasteiger partial charge in [-0.3, -0.25) is 4.79 Å². The average molecular weight is 265 g/mol. The lowest BCUT2D eigenvalue weighted by Crippen LogP contribution is -2.41. The molecule has 0 saturated carbocycles. The maximum Gasteiger partial charge on any atom is 0.260 e. The minimum atomic E-state index is -1.57. The Morgan fingerprint density at radius 1 is 1.39 bits per heavy atom. The zero-order valence-corrected chi connectivity index (χ0v) is 12.2. The number of ether oxygens (including phenoxy) is 1. The van der Waals surface area contributed by atoms with Crippen molar-refractivity contribution in [3.8, 4) is 5.75 Å². The van der Waals surface area contributed by atoms with Crippen molar-refractivity contribution in [2.24, 2.45) is 0 Å². The van der Waals surface area contributed by atoms with Gasteiger partial charge in [0.1, 0.15) is 5.75 Å². The average Bonchev–Trinajstić information content (AvgIpc) is 2.48. The molecule has 0 saturated heterocycles. The van der Waals surface area contributed by atoms with Crippen molar-refractivity contribution < 1.29 is 14.6 Å². The quantitative estimate of drug-likeness (QED) is 0.824. The van der Waals surface area contributed by atoms with Crippen molar-refractivity contribution in [3.05, 3.63) is 23.8 Å². The lowest BCUT2D eigenvalue weighted by molar-refractivity contribution is -0.131. The van der Waals surface area contributed by atoms with Gasteiger partial charge in [0.05, 0.1) is 12.8 Å². The van der Waals surface area contributed by atoms with Gasteiger partial charge in [0.2, 0.25) is 0 Å². The zero-order chi connectivity index (χ0) is 13.6. The third-order valence-corrected chi connectivity index (χ3v) is 4.65. The number of carbonyl (C=O) groups is 1. The van der Waals surface area contributed by atoms with Crippen LogP contribution in [-0.4, -0.2) is 26.2 Å². The minimum Gasteiger partial charge on any atom is -0.497 e. The van der Waals surface area contributed by atoms with Gasteiger partial charge in [-0.1, -0.05) is 19.6 Å². The van der Waals surface area contributed by atoms with E-state index in [2.05, 4.69) is 25.0 Å². The zero-order valence-electron chi connectivity index (χ0n) is 11.2. The first-order chi connectivity index (χ1) is 8.26. The normalized spacial score (nSPS) is 22.6. The van der Waals surface area contributed by atoms with Crippen molar-refractivity contribution in [2.45, 2.75) is 31.3 Å². The molecule has 1 unspecified atom stereocenters. The maximum absolute atomic E-state index is 12.1. The number of nitrogens with one attached hydrogen (secondary N) is 1. The Labute approximate surface area is 108 Å². The second-order valence-corrected chi connectivity index (χ2v) is 11.4. The number of benzene rings is 1. The Kier molecular flexibility index (Phi) is 2.99. The Bertz CT molecular complexity index is 495. The number of hydrogen-bond donors (Lipinski definition) is 2. The van der Waals surface area contributed by atoms with E-state index in [4.69, 9.17) is 4.74 Å². The molecule has 0 bridgehead atoms. The monoisotopic (exact) mass is 265 g/mol. The molecule has 4 nitrogen and oxygen atoms in total. The Hall–Kier alpha value is -1.33. The van der Waals surface area contributed by atoms with E-state index in [0.717, 1.165) is 0 Å². The highest BCUT2D eigenvalue weighted by Gasteiger charge is 2.47. The van der Waals surface area contributed by atoms with Crippen LogP contribution in [-0.2, 0) is 10.4 Å². The van der Waals surface area contributed by atoms with E-state index in [0.29, 0.717) is 23.0 Å². The molecule has 1 heterocycles. The van der Waals surface area contributed by atoms with Gasteiger partial charge < -0.3 is 15.2 Å². The van der Waals surface area contributed by atoms with Crippen LogP contribution in [0.2, 0.25) is 25.7 Å². The van der Waals surface area contributed by atoms with E-state index in [1.807, 2.05) is 0 Å². The molecule has 1 aliphatic heterocycles. The molecule has 0 aromatic heterocycles. The van der Waals surface area contributed by atoms with Crippen LogP contribution in [0.25, 0.3) is 0 Å². The summed E-state index contributed by atoms with van der Waals surface area (Å²) in [5, 5.41) is 13.4. The molecule has 18 heavy (non-hydrogen) atoms. The molecule has 1 aromatic carbocycles. The van der Waals surface area contributed by atoms with Crippen molar-refractivity contribution >= 4 is 19.7 Å². The summed E-state index contributed by atoms with van der Waals surface area (Å²) in [4.78, 5) is 12.1. The first-order valence-electron chi connectivity index (χ1n) is 5.99. The summed E-state index contributed by atoms with van der Waals surface area (Å²) in [5.74, 6) is 0.347. The molecule has 0 aliphatic carbocycles. The van der Waals surface area contributed by atoms with E-state index in [9.17, 15) is 9.90 Å². The van der Waals surface area contributed by atoms with Crippen molar-refractivity contribution in [3.63, 3.8) is 0 Å². The van der Waals surface area contributed by atoms with Crippen LogP contribution in [0.1, 0.15) is 5.56 Å². The van der Waals surface area contributed by atoms with Gasteiger partial charge in [-0.25, -0.2) is 0 Å². The molecule has 1 amide bonds. The molecule has 1 aliphatic rings. The number of amides is 1. The van der Waals surface area contributed by atoms with Crippen LogP contribution in [0.15, 0.2) is 18.2 Å². The Morgan fingerprint density at radius 2 is 2.06 bits per heavy atom. The standard InChI is InChI=1S/C13H19NO3Si/c1-17-9-5-6-10-11(7-9)14-12(15)13(10,16)8-18(2,3)4/h5-7,16H,8H2,1-4H3,(H,14,15). The third kappa shape index (κ3) is 2.15. The van der Waals surface area contributed by atoms with Gasteiger partial charge in [0, 0.05) is 19.7 Å². The highest BCUT2D eigenvalue weighted by molar-refractivity contribution is 6.76. The van der Waals surface area contributed by atoms with E-state index >= 15 is 0 Å². The fraction of sp³-hybridized carbons (Fsp3) is 0.462. The van der Waals surface area contributed by atoms with Gasteiger partial charge in [-0.05, 0) is 18.2 Å². The van der Waals surface area contributed by atoms with E-state index in [-0.39, 0.29) is 5.91 Å². The molecule has 0 spiro atoms. The van der Waals surface area contributed by atoms with Gasteiger partial charge in [-0.15, -0.1) is 0 Å². The van der Waals surface area contributed by atoms with E-state index < -0.39 is 13.7 Å². The van der Waals surface area contributed by atoms with E-state index in [1.165, 1.54) is 0 Å². The predicted molar refractivity (Wildman–Crippen MR) is 73.7 cm³/mol. The van der Waals surface area contributed by atoms with Gasteiger partial charge in [0.15, 0.2) is 5.60 Å². The summed E-state index contributed by atoms with van der Waals surface area (Å²) in [6.07, 6.45) is 0. The predicted octanol–water partition coefficient (Wildman–Crippen LogP) is 2.17. The molecular formula is C13H19NO3Si. The number of rotatable bonds is 3. The van der Waals surface area contributed by atoms with Crippen molar-refractivity contribution in [2.75, 3.05) is 12.4 Å². The molecular weight excluding hydrogens is 246 g/mol. The Balaban J connectivity index is 2.44. The first kappa shape index (κ1) is 13.1. The summed E-state index contributed by atoms with van der Waals surface area (Å²) in [5.41, 5.74) is -0.0673. The van der Waals surface area contributed by atoms with E-state index in [1.54, 1.807) is 25.3 Å². The number of methoxy groups -OCH3 is 1. The summed E-state index contributed by atoms with van der Waals surface area (Å²) >= 11 is 0. The van der Waals surface area contributed by atoms with Crippen molar-refractivity contribution in [1.82, 2.24) is 0 Å². The highest BCUT2D eigenvalue weighted by Crippen LogP contribution is 2.42. The van der Waals surface area contributed by atoms with Gasteiger partial charge in [-0.2, -0.15) is 0 Å². The highest BCUT2D eigenvalue weighted by atomic mass is 28.3. The second-order valence-electron chi connectivity index (χ2n) is 5.96. The SMILES string of the molecule is COc1ccc2c(c1)NC(=O)C2(O)C[Si](C)(C)C. The lowest BCUT2D eigenvalue weighted by Gasteiger charge is -2.28. The number of fused-ring (bicyclic) bond motifs is 1. The van der Waals surface area contributed by atoms with Crippen LogP contribution in [0.3, 0.4) is 0 Å². The largest absolute Gasteiger partial charge is 0.497 e. The van der Waals surface area contributed by atoms with Crippen LogP contribution in [0, 0.1) is 0 Å².